The maximum Gasteiger partial charge on any atom is 0.303 e. The van der Waals surface area contributed by atoms with Crippen molar-refractivity contribution in [3.05, 3.63) is 41.2 Å². The minimum absolute atomic E-state index is 0.136. The first-order valence-electron chi connectivity index (χ1n) is 3.90. The smallest absolute Gasteiger partial charge is 0.303 e. The van der Waals surface area contributed by atoms with Crippen molar-refractivity contribution in [3.8, 4) is 0 Å². The van der Waals surface area contributed by atoms with Gasteiger partial charge in [-0.3, -0.25) is 4.79 Å². The lowest BCUT2D eigenvalue weighted by molar-refractivity contribution is -0.136. The third-order valence-electron chi connectivity index (χ3n) is 1.69. The first-order valence-corrected chi connectivity index (χ1v) is 3.90. The van der Waals surface area contributed by atoms with Crippen LogP contribution in [0.4, 0.5) is 5.69 Å². The SMILES string of the molecule is [C-]#[N+]c1ccc(CCC(=O)O)cc1. The summed E-state index contributed by atoms with van der Waals surface area (Å²) in [7, 11) is 0. The highest BCUT2D eigenvalue weighted by Gasteiger charge is 1.98. The number of hydrogen-bond acceptors (Lipinski definition) is 1. The standard InChI is InChI=1S/C10H9NO2/c1-11-9-5-2-8(3-6-9)4-7-10(12)13/h2-3,5-6H,4,7H2,(H,12,13). The van der Waals surface area contributed by atoms with Gasteiger partial charge in [0, 0.05) is 6.42 Å². The lowest BCUT2D eigenvalue weighted by Crippen LogP contribution is -1.96. The van der Waals surface area contributed by atoms with Gasteiger partial charge in [0.25, 0.3) is 0 Å². The molecule has 13 heavy (non-hydrogen) atoms. The van der Waals surface area contributed by atoms with Gasteiger partial charge in [-0.05, 0) is 12.0 Å². The van der Waals surface area contributed by atoms with Crippen LogP contribution in [0.3, 0.4) is 0 Å². The molecule has 3 heteroatoms. The molecule has 66 valence electrons. The second-order valence-corrected chi connectivity index (χ2v) is 2.67. The van der Waals surface area contributed by atoms with Gasteiger partial charge in [-0.25, -0.2) is 4.85 Å². The fourth-order valence-corrected chi connectivity index (χ4v) is 0.988. The van der Waals surface area contributed by atoms with Crippen molar-refractivity contribution in [2.45, 2.75) is 12.8 Å². The van der Waals surface area contributed by atoms with Crippen molar-refractivity contribution in [3.63, 3.8) is 0 Å². The molecular weight excluding hydrogens is 166 g/mol. The Bertz CT molecular complexity index is 335. The molecule has 0 saturated heterocycles. The van der Waals surface area contributed by atoms with E-state index in [0.29, 0.717) is 12.1 Å². The molecule has 0 amide bonds. The van der Waals surface area contributed by atoms with E-state index < -0.39 is 5.97 Å². The van der Waals surface area contributed by atoms with Crippen molar-refractivity contribution < 1.29 is 9.90 Å². The molecule has 1 rings (SSSR count). The lowest BCUT2D eigenvalue weighted by Gasteiger charge is -1.97. The predicted molar refractivity (Wildman–Crippen MR) is 48.7 cm³/mol. The third kappa shape index (κ3) is 2.96. The Labute approximate surface area is 76.4 Å². The summed E-state index contributed by atoms with van der Waals surface area (Å²) in [5.74, 6) is -0.797. The number of carboxylic acid groups (broad SMARTS) is 1. The van der Waals surface area contributed by atoms with E-state index in [1.807, 2.05) is 0 Å². The Morgan fingerprint density at radius 2 is 2.00 bits per heavy atom. The molecule has 1 aromatic rings. The molecule has 1 aromatic carbocycles. The predicted octanol–water partition coefficient (Wildman–Crippen LogP) is 2.25. The van der Waals surface area contributed by atoms with Crippen molar-refractivity contribution in [1.29, 1.82) is 0 Å². The normalized spacial score (nSPS) is 9.15. The summed E-state index contributed by atoms with van der Waals surface area (Å²) in [5.41, 5.74) is 1.54. The van der Waals surface area contributed by atoms with E-state index >= 15 is 0 Å². The van der Waals surface area contributed by atoms with E-state index in [4.69, 9.17) is 11.7 Å². The molecule has 0 atom stereocenters. The summed E-state index contributed by atoms with van der Waals surface area (Å²) in [4.78, 5) is 13.5. The maximum atomic E-state index is 10.2. The largest absolute Gasteiger partial charge is 0.481 e. The third-order valence-corrected chi connectivity index (χ3v) is 1.69. The van der Waals surface area contributed by atoms with E-state index in [1.165, 1.54) is 0 Å². The van der Waals surface area contributed by atoms with E-state index in [-0.39, 0.29) is 6.42 Å². The Morgan fingerprint density at radius 3 is 2.46 bits per heavy atom. The molecule has 0 aromatic heterocycles. The summed E-state index contributed by atoms with van der Waals surface area (Å²) in [6, 6.07) is 6.97. The van der Waals surface area contributed by atoms with Crippen LogP contribution in [0.2, 0.25) is 0 Å². The first-order chi connectivity index (χ1) is 6.22. The molecule has 0 saturated carbocycles. The lowest BCUT2D eigenvalue weighted by atomic mass is 10.1. The van der Waals surface area contributed by atoms with E-state index in [0.717, 1.165) is 5.56 Å². The highest BCUT2D eigenvalue weighted by Crippen LogP contribution is 2.13. The van der Waals surface area contributed by atoms with Gasteiger partial charge in [0.2, 0.25) is 0 Å². The monoisotopic (exact) mass is 175 g/mol. The Balaban J connectivity index is 2.60. The number of carboxylic acids is 1. The molecule has 0 fully saturated rings. The van der Waals surface area contributed by atoms with Gasteiger partial charge in [-0.2, -0.15) is 0 Å². The molecule has 0 heterocycles. The van der Waals surface area contributed by atoms with Crippen LogP contribution in [-0.4, -0.2) is 11.1 Å². The van der Waals surface area contributed by atoms with Crippen LogP contribution < -0.4 is 0 Å². The number of hydrogen-bond donors (Lipinski definition) is 1. The van der Waals surface area contributed by atoms with Gasteiger partial charge in [0.15, 0.2) is 5.69 Å². The van der Waals surface area contributed by atoms with Crippen LogP contribution in [0.1, 0.15) is 12.0 Å². The average molecular weight is 175 g/mol. The molecular formula is C10H9NO2. The second-order valence-electron chi connectivity index (χ2n) is 2.67. The fourth-order valence-electron chi connectivity index (χ4n) is 0.988. The van der Waals surface area contributed by atoms with Crippen LogP contribution in [0.25, 0.3) is 4.85 Å². The van der Waals surface area contributed by atoms with Crippen molar-refractivity contribution in [2.75, 3.05) is 0 Å². The van der Waals surface area contributed by atoms with Gasteiger partial charge in [-0.15, -0.1) is 0 Å². The highest BCUT2D eigenvalue weighted by atomic mass is 16.4. The van der Waals surface area contributed by atoms with Gasteiger partial charge < -0.3 is 5.11 Å². The van der Waals surface area contributed by atoms with Gasteiger partial charge in [0.05, 0.1) is 6.57 Å². The number of rotatable bonds is 3. The zero-order valence-electron chi connectivity index (χ0n) is 7.03. The second kappa shape index (κ2) is 4.27. The molecule has 0 aliphatic rings. The molecule has 0 radical (unpaired) electrons. The van der Waals surface area contributed by atoms with Gasteiger partial charge in [0.1, 0.15) is 0 Å². The number of benzene rings is 1. The zero-order valence-corrected chi connectivity index (χ0v) is 7.03. The van der Waals surface area contributed by atoms with E-state index in [2.05, 4.69) is 4.85 Å². The number of carbonyl (C=O) groups is 1. The fraction of sp³-hybridized carbons (Fsp3) is 0.200. The molecule has 3 nitrogen and oxygen atoms in total. The van der Waals surface area contributed by atoms with Crippen molar-refractivity contribution in [1.82, 2.24) is 0 Å². The number of aliphatic carboxylic acids is 1. The van der Waals surface area contributed by atoms with Crippen molar-refractivity contribution >= 4 is 11.7 Å². The van der Waals surface area contributed by atoms with E-state index in [1.54, 1.807) is 24.3 Å². The summed E-state index contributed by atoms with van der Waals surface area (Å²) >= 11 is 0. The summed E-state index contributed by atoms with van der Waals surface area (Å²) < 4.78 is 0. The summed E-state index contributed by atoms with van der Waals surface area (Å²) in [6.07, 6.45) is 0.658. The van der Waals surface area contributed by atoms with Crippen LogP contribution in [-0.2, 0) is 11.2 Å². The van der Waals surface area contributed by atoms with Gasteiger partial charge >= 0.3 is 5.97 Å². The molecule has 0 aliphatic carbocycles. The topological polar surface area (TPSA) is 41.7 Å². The minimum atomic E-state index is -0.797. The molecule has 0 spiro atoms. The summed E-state index contributed by atoms with van der Waals surface area (Å²) in [6.45, 7) is 6.72. The molecule has 0 unspecified atom stereocenters. The van der Waals surface area contributed by atoms with Crippen molar-refractivity contribution in [2.24, 2.45) is 0 Å². The zero-order chi connectivity index (χ0) is 9.68. The van der Waals surface area contributed by atoms with Crippen LogP contribution in [0.15, 0.2) is 24.3 Å². The van der Waals surface area contributed by atoms with E-state index in [9.17, 15) is 4.79 Å². The van der Waals surface area contributed by atoms with Crippen LogP contribution >= 0.6 is 0 Å². The van der Waals surface area contributed by atoms with Crippen LogP contribution in [0.5, 0.6) is 0 Å². The summed E-state index contributed by atoms with van der Waals surface area (Å²) in [5, 5.41) is 8.43. The number of nitrogens with zero attached hydrogens (tertiary/aromatic N) is 1. The number of aryl methyl sites for hydroxylation is 1. The highest BCUT2D eigenvalue weighted by molar-refractivity contribution is 5.67. The maximum absolute atomic E-state index is 10.2. The molecule has 0 bridgehead atoms. The molecule has 1 N–H and O–H groups in total. The Hall–Kier alpha value is -1.82. The van der Waals surface area contributed by atoms with Crippen LogP contribution in [0, 0.1) is 6.57 Å². The average Bonchev–Trinajstić information content (AvgIpc) is 2.15. The Kier molecular flexibility index (Phi) is 3.04. The minimum Gasteiger partial charge on any atom is -0.481 e. The first kappa shape index (κ1) is 9.27. The quantitative estimate of drug-likeness (QED) is 0.716. The Morgan fingerprint density at radius 1 is 1.38 bits per heavy atom. The van der Waals surface area contributed by atoms with Gasteiger partial charge in [-0.1, -0.05) is 24.3 Å². The molecule has 0 aliphatic heterocycles.